The third-order valence-electron chi connectivity index (χ3n) is 3.28. The summed E-state index contributed by atoms with van der Waals surface area (Å²) in [5.74, 6) is 0.801. The van der Waals surface area contributed by atoms with Gasteiger partial charge in [0.05, 0.1) is 10.7 Å². The van der Waals surface area contributed by atoms with Crippen molar-refractivity contribution in [3.63, 3.8) is 0 Å². The Balaban J connectivity index is 2.15. The van der Waals surface area contributed by atoms with Gasteiger partial charge in [0.1, 0.15) is 0 Å². The van der Waals surface area contributed by atoms with Crippen LogP contribution in [0.25, 0.3) is 0 Å². The molecule has 1 aromatic carbocycles. The van der Waals surface area contributed by atoms with Gasteiger partial charge < -0.3 is 4.90 Å². The number of allylic oxidation sites excluding steroid dienone is 3. The zero-order valence-corrected chi connectivity index (χ0v) is 10.8. The largest absolute Gasteiger partial charge is 0.357 e. The minimum atomic E-state index is 0.801. The van der Waals surface area contributed by atoms with Gasteiger partial charge in [-0.25, -0.2) is 9.98 Å². The lowest BCUT2D eigenvalue weighted by atomic mass is 10.1. The van der Waals surface area contributed by atoms with E-state index in [4.69, 9.17) is 0 Å². The molecule has 0 bridgehead atoms. The Labute approximate surface area is 106 Å². The van der Waals surface area contributed by atoms with E-state index in [1.807, 2.05) is 36.5 Å². The highest BCUT2D eigenvalue weighted by Crippen LogP contribution is 2.16. The molecule has 0 radical (unpaired) electrons. The Morgan fingerprint density at radius 2 is 1.39 bits per heavy atom. The SMILES string of the molecule is Cc1cc2c(cc1C)=NC(=C1C=CN(C)C=C1)N=2. The molecule has 3 heteroatoms. The monoisotopic (exact) mass is 237 g/mol. The van der Waals surface area contributed by atoms with Gasteiger partial charge in [-0.05, 0) is 49.3 Å². The summed E-state index contributed by atoms with van der Waals surface area (Å²) in [6.07, 6.45) is 8.08. The lowest BCUT2D eigenvalue weighted by molar-refractivity contribution is 0.619. The van der Waals surface area contributed by atoms with Crippen LogP contribution in [0.4, 0.5) is 0 Å². The second-order valence-electron chi connectivity index (χ2n) is 4.72. The average molecular weight is 237 g/mol. The number of hydrogen-bond acceptors (Lipinski definition) is 3. The Kier molecular flexibility index (Phi) is 2.40. The van der Waals surface area contributed by atoms with Crippen LogP contribution in [0, 0.1) is 13.8 Å². The zero-order valence-electron chi connectivity index (χ0n) is 10.8. The smallest absolute Gasteiger partial charge is 0.160 e. The molecule has 0 aliphatic carbocycles. The van der Waals surface area contributed by atoms with Crippen LogP contribution >= 0.6 is 0 Å². The molecular weight excluding hydrogens is 222 g/mol. The van der Waals surface area contributed by atoms with E-state index in [9.17, 15) is 0 Å². The maximum absolute atomic E-state index is 4.59. The molecule has 0 aromatic heterocycles. The number of nitrogens with zero attached hydrogens (tertiary/aromatic N) is 3. The van der Waals surface area contributed by atoms with Crippen molar-refractivity contribution in [2.45, 2.75) is 13.8 Å². The first-order valence-corrected chi connectivity index (χ1v) is 6.01. The summed E-state index contributed by atoms with van der Waals surface area (Å²) in [4.78, 5) is 11.2. The fourth-order valence-electron chi connectivity index (χ4n) is 2.00. The van der Waals surface area contributed by atoms with Crippen molar-refractivity contribution in [2.75, 3.05) is 7.05 Å². The van der Waals surface area contributed by atoms with Crippen LogP contribution in [0.2, 0.25) is 0 Å². The fraction of sp³-hybridized carbons (Fsp3) is 0.200. The Bertz CT molecular complexity index is 662. The third-order valence-corrected chi connectivity index (χ3v) is 3.28. The van der Waals surface area contributed by atoms with Gasteiger partial charge in [0.25, 0.3) is 0 Å². The maximum Gasteiger partial charge on any atom is 0.160 e. The quantitative estimate of drug-likeness (QED) is 0.675. The molecule has 0 amide bonds. The van der Waals surface area contributed by atoms with Crippen LogP contribution in [0.3, 0.4) is 0 Å². The molecule has 1 aromatic rings. The summed E-state index contributed by atoms with van der Waals surface area (Å²) in [5.41, 5.74) is 3.57. The van der Waals surface area contributed by atoms with Crippen LogP contribution in [0.15, 0.2) is 58.1 Å². The van der Waals surface area contributed by atoms with Crippen molar-refractivity contribution < 1.29 is 0 Å². The van der Waals surface area contributed by atoms with Crippen molar-refractivity contribution in [3.05, 3.63) is 69.9 Å². The van der Waals surface area contributed by atoms with Crippen molar-refractivity contribution in [1.29, 1.82) is 0 Å². The first-order valence-electron chi connectivity index (χ1n) is 6.01. The van der Waals surface area contributed by atoms with E-state index in [0.717, 1.165) is 22.1 Å². The minimum absolute atomic E-state index is 0.801. The number of hydrogen-bond donors (Lipinski definition) is 0. The summed E-state index contributed by atoms with van der Waals surface area (Å²) in [6.45, 7) is 4.21. The van der Waals surface area contributed by atoms with Crippen LogP contribution < -0.4 is 10.7 Å². The summed E-state index contributed by atoms with van der Waals surface area (Å²) in [5, 5.41) is 1.95. The van der Waals surface area contributed by atoms with E-state index in [2.05, 4.69) is 36.0 Å². The van der Waals surface area contributed by atoms with Gasteiger partial charge in [0, 0.05) is 25.0 Å². The van der Waals surface area contributed by atoms with Crippen molar-refractivity contribution in [1.82, 2.24) is 4.90 Å². The molecule has 2 aliphatic heterocycles. The van der Waals surface area contributed by atoms with Crippen molar-refractivity contribution in [2.24, 2.45) is 9.98 Å². The molecule has 0 fully saturated rings. The van der Waals surface area contributed by atoms with Crippen molar-refractivity contribution >= 4 is 0 Å². The van der Waals surface area contributed by atoms with E-state index in [0.29, 0.717) is 0 Å². The average Bonchev–Trinajstić information content (AvgIpc) is 2.73. The van der Waals surface area contributed by atoms with Gasteiger partial charge in [-0.2, -0.15) is 0 Å². The minimum Gasteiger partial charge on any atom is -0.357 e. The summed E-state index contributed by atoms with van der Waals surface area (Å²) in [7, 11) is 2.00. The molecule has 0 saturated carbocycles. The second kappa shape index (κ2) is 3.95. The molecular formula is C15H15N3. The molecule has 3 nitrogen and oxygen atoms in total. The lowest BCUT2D eigenvalue weighted by Crippen LogP contribution is -2.22. The standard InChI is InChI=1S/C15H15N3/c1-10-8-13-14(9-11(10)2)17-15(16-13)12-4-6-18(3)7-5-12/h4-9H,1-3H3. The van der Waals surface area contributed by atoms with E-state index in [1.165, 1.54) is 11.1 Å². The number of aryl methyl sites for hydroxylation is 2. The molecule has 0 unspecified atom stereocenters. The lowest BCUT2D eigenvalue weighted by Gasteiger charge is -2.11. The van der Waals surface area contributed by atoms with E-state index < -0.39 is 0 Å². The summed E-state index contributed by atoms with van der Waals surface area (Å²) in [6, 6.07) is 4.20. The number of fused-ring (bicyclic) bond motifs is 1. The molecule has 2 aliphatic rings. The third kappa shape index (κ3) is 1.78. The molecule has 3 rings (SSSR count). The molecule has 0 saturated heterocycles. The van der Waals surface area contributed by atoms with Gasteiger partial charge in [0.2, 0.25) is 0 Å². The molecule has 2 heterocycles. The summed E-state index contributed by atoms with van der Waals surface area (Å²) < 4.78 is 0. The molecule has 18 heavy (non-hydrogen) atoms. The van der Waals surface area contributed by atoms with Gasteiger partial charge >= 0.3 is 0 Å². The zero-order chi connectivity index (χ0) is 12.7. The summed E-state index contributed by atoms with van der Waals surface area (Å²) >= 11 is 0. The van der Waals surface area contributed by atoms with Crippen LogP contribution in [0.5, 0.6) is 0 Å². The van der Waals surface area contributed by atoms with E-state index in [1.54, 1.807) is 0 Å². The molecule has 0 atom stereocenters. The Morgan fingerprint density at radius 3 is 1.89 bits per heavy atom. The predicted octanol–water partition coefficient (Wildman–Crippen LogP) is 1.74. The van der Waals surface area contributed by atoms with E-state index >= 15 is 0 Å². The van der Waals surface area contributed by atoms with Gasteiger partial charge in [0.15, 0.2) is 5.82 Å². The first-order chi connectivity index (χ1) is 8.63. The highest BCUT2D eigenvalue weighted by molar-refractivity contribution is 5.39. The van der Waals surface area contributed by atoms with Crippen LogP contribution in [-0.4, -0.2) is 11.9 Å². The number of benzene rings is 1. The topological polar surface area (TPSA) is 28.0 Å². The predicted molar refractivity (Wildman–Crippen MR) is 71.3 cm³/mol. The molecule has 0 spiro atoms. The number of rotatable bonds is 0. The molecule has 90 valence electrons. The van der Waals surface area contributed by atoms with E-state index in [-0.39, 0.29) is 0 Å². The first kappa shape index (κ1) is 11.0. The van der Waals surface area contributed by atoms with Crippen molar-refractivity contribution in [3.8, 4) is 0 Å². The molecule has 0 N–H and O–H groups in total. The normalized spacial score (nSPS) is 16.7. The Morgan fingerprint density at radius 1 is 0.889 bits per heavy atom. The van der Waals surface area contributed by atoms with Crippen LogP contribution in [-0.2, 0) is 0 Å². The van der Waals surface area contributed by atoms with Crippen LogP contribution in [0.1, 0.15) is 11.1 Å². The van der Waals surface area contributed by atoms with Gasteiger partial charge in [-0.15, -0.1) is 0 Å². The van der Waals surface area contributed by atoms with Gasteiger partial charge in [-0.1, -0.05) is 0 Å². The fourth-order valence-corrected chi connectivity index (χ4v) is 2.00. The highest BCUT2D eigenvalue weighted by Gasteiger charge is 2.08. The van der Waals surface area contributed by atoms with Gasteiger partial charge in [-0.3, -0.25) is 0 Å². The highest BCUT2D eigenvalue weighted by atomic mass is 15.1. The Hall–Kier alpha value is -2.16. The second-order valence-corrected chi connectivity index (χ2v) is 4.72. The maximum atomic E-state index is 4.59.